The van der Waals surface area contributed by atoms with Gasteiger partial charge in [-0.15, -0.1) is 0 Å². The van der Waals surface area contributed by atoms with Crippen LogP contribution in [0.5, 0.6) is 0 Å². The second-order valence-electron chi connectivity index (χ2n) is 8.60. The first kappa shape index (κ1) is 27.3. The highest BCUT2D eigenvalue weighted by Crippen LogP contribution is 2.24. The smallest absolute Gasteiger partial charge is 0.304 e. The largest absolute Gasteiger partial charge is 0.352 e. The summed E-state index contributed by atoms with van der Waals surface area (Å²) < 4.78 is 42.3. The molecule has 1 atom stereocenters. The molecule has 2 amide bonds. The molecular formula is C24H33FN4O4S. The fourth-order valence-corrected chi connectivity index (χ4v) is 4.42. The Morgan fingerprint density at radius 1 is 1.03 bits per heavy atom. The Labute approximate surface area is 201 Å². The molecule has 186 valence electrons. The zero-order valence-electron chi connectivity index (χ0n) is 20.4. The molecule has 1 N–H and O–H groups in total. The fourth-order valence-electron chi connectivity index (χ4n) is 3.35. The van der Waals surface area contributed by atoms with Gasteiger partial charge in [0, 0.05) is 26.7 Å². The number of anilines is 1. The Bertz CT molecular complexity index is 1120. The number of hydrogen-bond acceptors (Lipinski definition) is 4. The van der Waals surface area contributed by atoms with Gasteiger partial charge < -0.3 is 10.2 Å². The highest BCUT2D eigenvalue weighted by atomic mass is 32.2. The molecule has 2 aromatic carbocycles. The third-order valence-electron chi connectivity index (χ3n) is 5.17. The van der Waals surface area contributed by atoms with Gasteiger partial charge in [-0.05, 0) is 45.4 Å². The summed E-state index contributed by atoms with van der Waals surface area (Å²) in [4.78, 5) is 27.6. The molecule has 0 spiro atoms. The van der Waals surface area contributed by atoms with E-state index in [1.165, 1.54) is 37.2 Å². The van der Waals surface area contributed by atoms with Gasteiger partial charge in [-0.25, -0.2) is 8.70 Å². The maximum absolute atomic E-state index is 14.6. The van der Waals surface area contributed by atoms with E-state index in [2.05, 4.69) is 5.32 Å². The maximum atomic E-state index is 14.6. The summed E-state index contributed by atoms with van der Waals surface area (Å²) in [7, 11) is -1.60. The third-order valence-corrected chi connectivity index (χ3v) is 6.98. The van der Waals surface area contributed by atoms with Crippen LogP contribution in [0.3, 0.4) is 0 Å². The van der Waals surface area contributed by atoms with Gasteiger partial charge in [0.05, 0.1) is 5.69 Å². The first-order chi connectivity index (χ1) is 15.8. The van der Waals surface area contributed by atoms with Crippen molar-refractivity contribution >= 4 is 27.7 Å². The second kappa shape index (κ2) is 11.4. The first-order valence-corrected chi connectivity index (χ1v) is 12.3. The Balaban J connectivity index is 2.48. The van der Waals surface area contributed by atoms with Gasteiger partial charge in [0.1, 0.15) is 18.4 Å². The van der Waals surface area contributed by atoms with E-state index in [9.17, 15) is 22.4 Å². The van der Waals surface area contributed by atoms with Crippen LogP contribution in [0, 0.1) is 12.7 Å². The van der Waals surface area contributed by atoms with Crippen LogP contribution in [0.1, 0.15) is 31.9 Å². The first-order valence-electron chi connectivity index (χ1n) is 10.9. The molecule has 0 aliphatic rings. The lowest BCUT2D eigenvalue weighted by Crippen LogP contribution is -2.53. The van der Waals surface area contributed by atoms with E-state index in [0.717, 1.165) is 25.8 Å². The Kier molecular flexibility index (Phi) is 9.17. The van der Waals surface area contributed by atoms with Gasteiger partial charge in [-0.2, -0.15) is 12.7 Å². The van der Waals surface area contributed by atoms with E-state index in [-0.39, 0.29) is 24.2 Å². The van der Waals surface area contributed by atoms with Crippen LogP contribution in [-0.4, -0.2) is 62.2 Å². The van der Waals surface area contributed by atoms with Gasteiger partial charge in [-0.3, -0.25) is 9.59 Å². The van der Waals surface area contributed by atoms with Crippen molar-refractivity contribution < 1.29 is 22.4 Å². The minimum Gasteiger partial charge on any atom is -0.352 e. The third kappa shape index (κ3) is 6.77. The summed E-state index contributed by atoms with van der Waals surface area (Å²) in [6, 6.07) is 11.8. The van der Waals surface area contributed by atoms with Crippen molar-refractivity contribution in [1.82, 2.24) is 14.5 Å². The van der Waals surface area contributed by atoms with Gasteiger partial charge in [0.25, 0.3) is 0 Å². The van der Waals surface area contributed by atoms with Crippen LogP contribution >= 0.6 is 0 Å². The molecule has 2 rings (SSSR count). The van der Waals surface area contributed by atoms with E-state index in [0.29, 0.717) is 0 Å². The lowest BCUT2D eigenvalue weighted by atomic mass is 10.1. The number of nitrogens with one attached hydrogen (secondary N) is 1. The Hall–Kier alpha value is -2.98. The molecule has 0 unspecified atom stereocenters. The van der Waals surface area contributed by atoms with Crippen LogP contribution in [-0.2, 0) is 26.3 Å². The number of aryl methyl sites for hydroxylation is 1. The van der Waals surface area contributed by atoms with Crippen molar-refractivity contribution in [3.05, 3.63) is 65.5 Å². The molecule has 0 heterocycles. The number of amides is 2. The topological polar surface area (TPSA) is 90.0 Å². The number of halogens is 1. The van der Waals surface area contributed by atoms with Gasteiger partial charge in [-0.1, -0.05) is 42.0 Å². The minimum atomic E-state index is -4.21. The average Bonchev–Trinajstić information content (AvgIpc) is 2.75. The molecule has 0 fully saturated rings. The van der Waals surface area contributed by atoms with Crippen molar-refractivity contribution in [3.63, 3.8) is 0 Å². The van der Waals surface area contributed by atoms with Crippen LogP contribution in [0.4, 0.5) is 10.1 Å². The lowest BCUT2D eigenvalue weighted by Gasteiger charge is -2.33. The van der Waals surface area contributed by atoms with E-state index >= 15 is 0 Å². The molecule has 0 saturated heterocycles. The van der Waals surface area contributed by atoms with Crippen molar-refractivity contribution in [2.45, 2.75) is 46.3 Å². The number of carbonyl (C=O) groups is 2. The molecule has 2 aromatic rings. The van der Waals surface area contributed by atoms with Crippen molar-refractivity contribution in [2.24, 2.45) is 0 Å². The molecule has 0 aliphatic heterocycles. The lowest BCUT2D eigenvalue weighted by molar-refractivity contribution is -0.139. The minimum absolute atomic E-state index is 0.0836. The van der Waals surface area contributed by atoms with Gasteiger partial charge in [0.15, 0.2) is 0 Å². The van der Waals surface area contributed by atoms with E-state index < -0.39 is 34.5 Å². The quantitative estimate of drug-likeness (QED) is 0.552. The monoisotopic (exact) mass is 492 g/mol. The Morgan fingerprint density at radius 2 is 1.68 bits per heavy atom. The van der Waals surface area contributed by atoms with Crippen LogP contribution in [0.25, 0.3) is 0 Å². The van der Waals surface area contributed by atoms with Crippen LogP contribution < -0.4 is 9.62 Å². The fraction of sp³-hybridized carbons (Fsp3) is 0.417. The zero-order chi connectivity index (χ0) is 25.6. The van der Waals surface area contributed by atoms with Gasteiger partial charge in [0.2, 0.25) is 11.8 Å². The van der Waals surface area contributed by atoms with E-state index in [1.54, 1.807) is 20.8 Å². The second-order valence-corrected chi connectivity index (χ2v) is 10.7. The summed E-state index contributed by atoms with van der Waals surface area (Å²) in [5, 5.41) is 2.78. The zero-order valence-corrected chi connectivity index (χ0v) is 21.3. The van der Waals surface area contributed by atoms with Gasteiger partial charge >= 0.3 is 10.2 Å². The number of para-hydroxylation sites is 1. The number of nitrogens with zero attached hydrogens (tertiary/aromatic N) is 3. The molecule has 0 aromatic heterocycles. The van der Waals surface area contributed by atoms with Crippen molar-refractivity contribution in [2.75, 3.05) is 24.9 Å². The molecular weight excluding hydrogens is 459 g/mol. The van der Waals surface area contributed by atoms with Crippen molar-refractivity contribution in [1.29, 1.82) is 0 Å². The molecule has 0 radical (unpaired) electrons. The Morgan fingerprint density at radius 3 is 2.24 bits per heavy atom. The molecule has 0 saturated carbocycles. The maximum Gasteiger partial charge on any atom is 0.304 e. The molecule has 0 bridgehead atoms. The highest BCUT2D eigenvalue weighted by Gasteiger charge is 2.33. The van der Waals surface area contributed by atoms with Crippen LogP contribution in [0.15, 0.2) is 48.5 Å². The number of benzene rings is 2. The molecule has 10 heteroatoms. The normalized spacial score (nSPS) is 12.5. The predicted octanol–water partition coefficient (Wildman–Crippen LogP) is 2.69. The number of hydrogen-bond donors (Lipinski definition) is 1. The van der Waals surface area contributed by atoms with Crippen LogP contribution in [0.2, 0.25) is 0 Å². The summed E-state index contributed by atoms with van der Waals surface area (Å²) in [6.07, 6.45) is 0. The molecule has 34 heavy (non-hydrogen) atoms. The summed E-state index contributed by atoms with van der Waals surface area (Å²) in [5.74, 6) is -1.79. The summed E-state index contributed by atoms with van der Waals surface area (Å²) in [6.45, 7) is 6.52. The summed E-state index contributed by atoms with van der Waals surface area (Å²) in [5.41, 5.74) is 1.51. The highest BCUT2D eigenvalue weighted by molar-refractivity contribution is 7.90. The standard InChI is InChI=1S/C24H33FN4O4S/c1-17(2)26-24(31)19(4)28(15-20-11-9-10-18(3)14-20)23(30)16-29(34(32,33)27(5)6)22-13-8-7-12-21(22)25/h7-14,17,19H,15-16H2,1-6H3,(H,26,31)/t19-/m1/s1. The average molecular weight is 493 g/mol. The molecule has 0 aliphatic carbocycles. The SMILES string of the molecule is Cc1cccc(CN(C(=O)CN(c2ccccc2F)S(=O)(=O)N(C)C)[C@H](C)C(=O)NC(C)C)c1. The van der Waals surface area contributed by atoms with E-state index in [4.69, 9.17) is 0 Å². The van der Waals surface area contributed by atoms with E-state index in [1.807, 2.05) is 31.2 Å². The predicted molar refractivity (Wildman–Crippen MR) is 131 cm³/mol. The summed E-state index contributed by atoms with van der Waals surface area (Å²) >= 11 is 0. The van der Waals surface area contributed by atoms with Crippen molar-refractivity contribution in [3.8, 4) is 0 Å². The number of rotatable bonds is 10. The number of carbonyl (C=O) groups excluding carboxylic acids is 2. The molecule has 8 nitrogen and oxygen atoms in total.